The van der Waals surface area contributed by atoms with E-state index < -0.39 is 45.4 Å². The predicted octanol–water partition coefficient (Wildman–Crippen LogP) is 6.86. The van der Waals surface area contributed by atoms with Crippen LogP contribution in [0.2, 0.25) is 5.02 Å². The van der Waals surface area contributed by atoms with Crippen molar-refractivity contribution in [2.75, 3.05) is 26.0 Å². The average molecular weight is 642 g/mol. The van der Waals surface area contributed by atoms with Gasteiger partial charge >= 0.3 is 12.2 Å². The standard InChI is InChI=1S/C31H41ClFNO8S/c1-30(2,3)41-28(35)34-18-22(19-39-29(36)42-31(4,5)6)24(14-15-40-43(7,37)38)27(34)16-20-8-10-21(11-9-20)25-17-23(32)12-13-26(25)33/h8-13,17,22,24,27H,14-16,18-19H2,1-7H3. The van der Waals surface area contributed by atoms with E-state index in [1.807, 2.05) is 12.1 Å². The third kappa shape index (κ3) is 11.0. The maximum atomic E-state index is 14.5. The molecule has 2 aromatic rings. The summed E-state index contributed by atoms with van der Waals surface area (Å²) in [4.78, 5) is 27.4. The van der Waals surface area contributed by atoms with E-state index in [0.717, 1.165) is 11.8 Å². The zero-order valence-electron chi connectivity index (χ0n) is 25.7. The summed E-state index contributed by atoms with van der Waals surface area (Å²) in [6.45, 7) is 10.5. The van der Waals surface area contributed by atoms with Crippen LogP contribution in [0, 0.1) is 17.7 Å². The summed E-state index contributed by atoms with van der Waals surface area (Å²) in [5.41, 5.74) is 0.351. The van der Waals surface area contributed by atoms with Crippen LogP contribution >= 0.6 is 11.6 Å². The van der Waals surface area contributed by atoms with Crippen molar-refractivity contribution in [1.82, 2.24) is 4.90 Å². The molecule has 1 saturated heterocycles. The summed E-state index contributed by atoms with van der Waals surface area (Å²) in [6.07, 6.45) is 0.244. The van der Waals surface area contributed by atoms with Crippen LogP contribution in [0.15, 0.2) is 42.5 Å². The number of nitrogens with zero attached hydrogens (tertiary/aromatic N) is 1. The molecule has 9 nitrogen and oxygen atoms in total. The van der Waals surface area contributed by atoms with Gasteiger partial charge in [-0.1, -0.05) is 35.9 Å². The molecule has 3 rings (SSSR count). The number of amides is 1. The second kappa shape index (κ2) is 13.8. The van der Waals surface area contributed by atoms with Crippen molar-refractivity contribution >= 4 is 34.0 Å². The van der Waals surface area contributed by atoms with Gasteiger partial charge in [-0.15, -0.1) is 0 Å². The summed E-state index contributed by atoms with van der Waals surface area (Å²) in [7, 11) is -3.70. The zero-order valence-corrected chi connectivity index (χ0v) is 27.3. The normalized spacial score (nSPS) is 19.3. The number of hydrogen-bond acceptors (Lipinski definition) is 8. The number of benzene rings is 2. The monoisotopic (exact) mass is 641 g/mol. The number of rotatable bonds is 9. The summed E-state index contributed by atoms with van der Waals surface area (Å²) >= 11 is 6.08. The Labute approximate surface area is 258 Å². The molecule has 0 bridgehead atoms. The van der Waals surface area contributed by atoms with E-state index in [0.29, 0.717) is 22.6 Å². The number of halogens is 2. The molecular formula is C31H41ClFNO8S. The lowest BCUT2D eigenvalue weighted by Gasteiger charge is -2.31. The van der Waals surface area contributed by atoms with Gasteiger partial charge in [0.05, 0.1) is 19.5 Å². The highest BCUT2D eigenvalue weighted by Crippen LogP contribution is 2.37. The SMILES string of the molecule is CC(C)(C)OC(=O)OCC1CN(C(=O)OC(C)(C)C)C(Cc2ccc(-c3cc(Cl)ccc3F)cc2)C1CCOS(C)(=O)=O. The number of likely N-dealkylation sites (tertiary alicyclic amines) is 1. The molecule has 12 heteroatoms. The van der Waals surface area contributed by atoms with E-state index in [9.17, 15) is 22.4 Å². The number of carbonyl (C=O) groups is 2. The van der Waals surface area contributed by atoms with Gasteiger partial charge in [-0.3, -0.25) is 4.18 Å². The van der Waals surface area contributed by atoms with Crippen molar-refractivity contribution in [3.63, 3.8) is 0 Å². The molecule has 0 N–H and O–H groups in total. The summed E-state index contributed by atoms with van der Waals surface area (Å²) in [5, 5.41) is 0.415. The minimum atomic E-state index is -3.70. The lowest BCUT2D eigenvalue weighted by atomic mass is 9.85. The highest BCUT2D eigenvalue weighted by molar-refractivity contribution is 7.85. The van der Waals surface area contributed by atoms with E-state index >= 15 is 0 Å². The molecule has 0 saturated carbocycles. The van der Waals surface area contributed by atoms with Crippen LogP contribution in [0.5, 0.6) is 0 Å². The number of carbonyl (C=O) groups excluding carboxylic acids is 2. The van der Waals surface area contributed by atoms with E-state index in [1.165, 1.54) is 12.1 Å². The summed E-state index contributed by atoms with van der Waals surface area (Å²) in [5.74, 6) is -1.07. The van der Waals surface area contributed by atoms with Crippen LogP contribution in [0.1, 0.15) is 53.5 Å². The van der Waals surface area contributed by atoms with E-state index in [4.69, 9.17) is 30.0 Å². The van der Waals surface area contributed by atoms with Crippen molar-refractivity contribution < 1.29 is 40.8 Å². The number of hydrogen-bond donors (Lipinski definition) is 0. The fourth-order valence-corrected chi connectivity index (χ4v) is 5.61. The first-order valence-corrected chi connectivity index (χ1v) is 16.2. The van der Waals surface area contributed by atoms with Crippen LogP contribution < -0.4 is 0 Å². The Morgan fingerprint density at radius 1 is 1.00 bits per heavy atom. The van der Waals surface area contributed by atoms with Crippen molar-refractivity contribution in [2.24, 2.45) is 11.8 Å². The molecule has 1 aliphatic heterocycles. The molecule has 0 spiro atoms. The molecule has 3 atom stereocenters. The Bertz CT molecular complexity index is 1390. The van der Waals surface area contributed by atoms with Crippen molar-refractivity contribution in [1.29, 1.82) is 0 Å². The minimum absolute atomic E-state index is 0.0543. The van der Waals surface area contributed by atoms with Gasteiger partial charge in [-0.2, -0.15) is 8.42 Å². The Morgan fingerprint density at radius 2 is 1.63 bits per heavy atom. The lowest BCUT2D eigenvalue weighted by molar-refractivity contribution is -0.0153. The van der Waals surface area contributed by atoms with Crippen LogP contribution in [0.25, 0.3) is 11.1 Å². The number of ether oxygens (including phenoxy) is 3. The van der Waals surface area contributed by atoms with E-state index in [-0.39, 0.29) is 38.0 Å². The molecule has 0 aliphatic carbocycles. The first kappa shape index (κ1) is 34.6. The molecule has 0 radical (unpaired) electrons. The van der Waals surface area contributed by atoms with E-state index in [2.05, 4.69) is 0 Å². The highest BCUT2D eigenvalue weighted by Gasteiger charge is 2.45. The Morgan fingerprint density at radius 3 is 2.21 bits per heavy atom. The topological polar surface area (TPSA) is 108 Å². The maximum absolute atomic E-state index is 14.5. The lowest BCUT2D eigenvalue weighted by Crippen LogP contribution is -2.42. The minimum Gasteiger partial charge on any atom is -0.444 e. The first-order chi connectivity index (χ1) is 19.8. The van der Waals surface area contributed by atoms with Gasteiger partial charge in [0.25, 0.3) is 10.1 Å². The Kier molecular flexibility index (Phi) is 11.1. The zero-order chi connectivity index (χ0) is 32.2. The Hall–Kier alpha value is -2.89. The highest BCUT2D eigenvalue weighted by atomic mass is 35.5. The van der Waals surface area contributed by atoms with Crippen LogP contribution in [0.3, 0.4) is 0 Å². The largest absolute Gasteiger partial charge is 0.508 e. The van der Waals surface area contributed by atoms with Crippen LogP contribution in [-0.2, 0) is 34.9 Å². The molecule has 3 unspecified atom stereocenters. The predicted molar refractivity (Wildman–Crippen MR) is 162 cm³/mol. The molecular weight excluding hydrogens is 601 g/mol. The van der Waals surface area contributed by atoms with Crippen LogP contribution in [0.4, 0.5) is 14.0 Å². The fourth-order valence-electron chi connectivity index (χ4n) is 5.04. The van der Waals surface area contributed by atoms with Crippen molar-refractivity contribution in [3.8, 4) is 11.1 Å². The van der Waals surface area contributed by atoms with Crippen molar-refractivity contribution in [2.45, 2.75) is 71.6 Å². The Balaban J connectivity index is 1.91. The van der Waals surface area contributed by atoms with Gasteiger partial charge in [0, 0.05) is 29.1 Å². The second-order valence-electron chi connectivity index (χ2n) is 12.7. The fraction of sp³-hybridized carbons (Fsp3) is 0.548. The summed E-state index contributed by atoms with van der Waals surface area (Å²) < 4.78 is 59.4. The van der Waals surface area contributed by atoms with Gasteiger partial charge in [0.15, 0.2) is 0 Å². The quantitative estimate of drug-likeness (QED) is 0.216. The second-order valence-corrected chi connectivity index (χ2v) is 14.8. The smallest absolute Gasteiger partial charge is 0.444 e. The van der Waals surface area contributed by atoms with Gasteiger partial charge < -0.3 is 19.1 Å². The van der Waals surface area contributed by atoms with Crippen molar-refractivity contribution in [3.05, 3.63) is 58.9 Å². The van der Waals surface area contributed by atoms with Gasteiger partial charge in [-0.05, 0) is 89.6 Å². The third-order valence-electron chi connectivity index (χ3n) is 6.75. The van der Waals surface area contributed by atoms with Gasteiger partial charge in [0.1, 0.15) is 17.0 Å². The van der Waals surface area contributed by atoms with Gasteiger partial charge in [0.2, 0.25) is 0 Å². The molecule has 1 amide bonds. The molecule has 2 aromatic carbocycles. The average Bonchev–Trinajstić information content (AvgIpc) is 3.19. The molecule has 43 heavy (non-hydrogen) atoms. The molecule has 1 aliphatic rings. The van der Waals surface area contributed by atoms with E-state index in [1.54, 1.807) is 64.6 Å². The van der Waals surface area contributed by atoms with Crippen LogP contribution in [-0.4, -0.2) is 68.8 Å². The molecule has 1 heterocycles. The molecule has 0 aromatic heterocycles. The third-order valence-corrected chi connectivity index (χ3v) is 7.58. The molecule has 238 valence electrons. The first-order valence-electron chi connectivity index (χ1n) is 14.1. The van der Waals surface area contributed by atoms with Gasteiger partial charge in [-0.25, -0.2) is 14.0 Å². The maximum Gasteiger partial charge on any atom is 0.508 e. The molecule has 1 fully saturated rings. The summed E-state index contributed by atoms with van der Waals surface area (Å²) in [6, 6.07) is 11.2.